The van der Waals surface area contributed by atoms with E-state index in [1.165, 1.54) is 11.8 Å². The lowest BCUT2D eigenvalue weighted by Crippen LogP contribution is -2.28. The number of amides is 1. The van der Waals surface area contributed by atoms with Gasteiger partial charge in [-0.25, -0.2) is 0 Å². The van der Waals surface area contributed by atoms with Crippen molar-refractivity contribution in [1.82, 2.24) is 20.1 Å². The molecule has 0 fully saturated rings. The summed E-state index contributed by atoms with van der Waals surface area (Å²) in [6.07, 6.45) is 1.64. The quantitative estimate of drug-likeness (QED) is 0.346. The SMILES string of the molecule is Cc1occc1-c1nnc(SCC(=O)NC(C)c2cccc(Cl)c2)n1Cc1ccccc1. The molecule has 2 heterocycles. The third-order valence-electron chi connectivity index (χ3n) is 5.06. The van der Waals surface area contributed by atoms with E-state index in [1.807, 2.05) is 66.9 Å². The van der Waals surface area contributed by atoms with Crippen LogP contribution in [0, 0.1) is 6.92 Å². The second-order valence-corrected chi connectivity index (χ2v) is 8.78. The first-order valence-electron chi connectivity index (χ1n) is 10.2. The summed E-state index contributed by atoms with van der Waals surface area (Å²) in [4.78, 5) is 12.6. The number of hydrogen-bond donors (Lipinski definition) is 1. The second kappa shape index (κ2) is 10.1. The zero-order chi connectivity index (χ0) is 22.5. The molecule has 6 nitrogen and oxygen atoms in total. The molecule has 1 atom stereocenters. The standard InChI is InChI=1S/C24H23ClN4O2S/c1-16(19-9-6-10-20(25)13-19)26-22(30)15-32-24-28-27-23(21-11-12-31-17(21)2)29(24)14-18-7-4-3-5-8-18/h3-13,16H,14-15H2,1-2H3,(H,26,30). The number of hydrogen-bond acceptors (Lipinski definition) is 5. The number of rotatable bonds is 8. The predicted octanol–water partition coefficient (Wildman–Crippen LogP) is 5.52. The summed E-state index contributed by atoms with van der Waals surface area (Å²) in [6.45, 7) is 4.43. The van der Waals surface area contributed by atoms with Crippen LogP contribution in [0.15, 0.2) is 76.5 Å². The molecule has 32 heavy (non-hydrogen) atoms. The number of thioether (sulfide) groups is 1. The summed E-state index contributed by atoms with van der Waals surface area (Å²) in [5.74, 6) is 1.63. The van der Waals surface area contributed by atoms with Gasteiger partial charge in [0.05, 0.1) is 30.2 Å². The van der Waals surface area contributed by atoms with Crippen molar-refractivity contribution in [2.75, 3.05) is 5.75 Å². The van der Waals surface area contributed by atoms with Crippen molar-refractivity contribution >= 4 is 29.3 Å². The van der Waals surface area contributed by atoms with Gasteiger partial charge in [-0.3, -0.25) is 9.36 Å². The number of aromatic nitrogens is 3. The number of aryl methyl sites for hydroxylation is 1. The molecule has 0 bridgehead atoms. The van der Waals surface area contributed by atoms with Crippen molar-refractivity contribution in [3.8, 4) is 11.4 Å². The average Bonchev–Trinajstić information content (AvgIpc) is 3.38. The van der Waals surface area contributed by atoms with E-state index in [1.54, 1.807) is 6.26 Å². The van der Waals surface area contributed by atoms with Crippen molar-refractivity contribution in [3.63, 3.8) is 0 Å². The molecule has 0 aliphatic heterocycles. The highest BCUT2D eigenvalue weighted by Crippen LogP contribution is 2.28. The number of carbonyl (C=O) groups is 1. The van der Waals surface area contributed by atoms with E-state index >= 15 is 0 Å². The normalized spacial score (nSPS) is 12.0. The largest absolute Gasteiger partial charge is 0.469 e. The predicted molar refractivity (Wildman–Crippen MR) is 127 cm³/mol. The fourth-order valence-electron chi connectivity index (χ4n) is 3.39. The van der Waals surface area contributed by atoms with Gasteiger partial charge < -0.3 is 9.73 Å². The van der Waals surface area contributed by atoms with Crippen molar-refractivity contribution < 1.29 is 9.21 Å². The Bertz CT molecular complexity index is 1210. The summed E-state index contributed by atoms with van der Waals surface area (Å²) in [5, 5.41) is 13.1. The molecule has 0 saturated carbocycles. The Morgan fingerprint density at radius 2 is 1.97 bits per heavy atom. The van der Waals surface area contributed by atoms with Gasteiger partial charge in [-0.05, 0) is 43.2 Å². The van der Waals surface area contributed by atoms with Crippen LogP contribution in [-0.2, 0) is 11.3 Å². The molecule has 0 saturated heterocycles. The molecular weight excluding hydrogens is 444 g/mol. The van der Waals surface area contributed by atoms with Crippen molar-refractivity contribution in [2.24, 2.45) is 0 Å². The number of benzene rings is 2. The van der Waals surface area contributed by atoms with E-state index in [4.69, 9.17) is 16.0 Å². The molecule has 4 aromatic rings. The van der Waals surface area contributed by atoms with Crippen LogP contribution in [0.25, 0.3) is 11.4 Å². The molecular formula is C24H23ClN4O2S. The van der Waals surface area contributed by atoms with Gasteiger partial charge in [0.25, 0.3) is 0 Å². The van der Waals surface area contributed by atoms with E-state index in [9.17, 15) is 4.79 Å². The van der Waals surface area contributed by atoms with Gasteiger partial charge in [-0.2, -0.15) is 0 Å². The smallest absolute Gasteiger partial charge is 0.230 e. The van der Waals surface area contributed by atoms with Crippen molar-refractivity contribution in [2.45, 2.75) is 31.6 Å². The van der Waals surface area contributed by atoms with E-state index < -0.39 is 0 Å². The first-order chi connectivity index (χ1) is 15.5. The van der Waals surface area contributed by atoms with Gasteiger partial charge in [0, 0.05) is 5.02 Å². The highest BCUT2D eigenvalue weighted by molar-refractivity contribution is 7.99. The summed E-state index contributed by atoms with van der Waals surface area (Å²) >= 11 is 7.42. The number of carbonyl (C=O) groups excluding carboxylic acids is 1. The first-order valence-corrected chi connectivity index (χ1v) is 11.6. The molecule has 0 aliphatic rings. The van der Waals surface area contributed by atoms with Crippen LogP contribution < -0.4 is 5.32 Å². The third kappa shape index (κ3) is 5.23. The molecule has 0 radical (unpaired) electrons. The Labute approximate surface area is 196 Å². The minimum Gasteiger partial charge on any atom is -0.469 e. The first kappa shape index (κ1) is 22.2. The fourth-order valence-corrected chi connectivity index (χ4v) is 4.34. The summed E-state index contributed by atoms with van der Waals surface area (Å²) in [5.41, 5.74) is 2.97. The maximum absolute atomic E-state index is 12.6. The topological polar surface area (TPSA) is 72.9 Å². The van der Waals surface area contributed by atoms with Gasteiger partial charge in [0.2, 0.25) is 5.91 Å². The third-order valence-corrected chi connectivity index (χ3v) is 6.26. The Balaban J connectivity index is 1.50. The van der Waals surface area contributed by atoms with Crippen molar-refractivity contribution in [1.29, 1.82) is 0 Å². The zero-order valence-corrected chi connectivity index (χ0v) is 19.4. The van der Waals surface area contributed by atoms with Crippen LogP contribution in [0.5, 0.6) is 0 Å². The maximum atomic E-state index is 12.6. The second-order valence-electron chi connectivity index (χ2n) is 7.40. The minimum atomic E-state index is -0.145. The van der Waals surface area contributed by atoms with E-state index in [2.05, 4.69) is 27.6 Å². The van der Waals surface area contributed by atoms with Crippen LogP contribution in [-0.4, -0.2) is 26.4 Å². The maximum Gasteiger partial charge on any atom is 0.230 e. The number of nitrogens with one attached hydrogen (secondary N) is 1. The minimum absolute atomic E-state index is 0.0854. The average molecular weight is 467 g/mol. The van der Waals surface area contributed by atoms with Gasteiger partial charge in [-0.1, -0.05) is 65.8 Å². The van der Waals surface area contributed by atoms with E-state index in [-0.39, 0.29) is 17.7 Å². The molecule has 2 aromatic carbocycles. The summed E-state index contributed by atoms with van der Waals surface area (Å²) in [7, 11) is 0. The monoisotopic (exact) mass is 466 g/mol. The van der Waals surface area contributed by atoms with Crippen LogP contribution >= 0.6 is 23.4 Å². The van der Waals surface area contributed by atoms with Crippen LogP contribution in [0.1, 0.15) is 29.9 Å². The van der Waals surface area contributed by atoms with Gasteiger partial charge in [-0.15, -0.1) is 10.2 Å². The Kier molecular flexibility index (Phi) is 6.97. The molecule has 1 unspecified atom stereocenters. The number of nitrogens with zero attached hydrogens (tertiary/aromatic N) is 3. The lowest BCUT2D eigenvalue weighted by Gasteiger charge is -2.15. The lowest BCUT2D eigenvalue weighted by atomic mass is 10.1. The fraction of sp³-hybridized carbons (Fsp3) is 0.208. The highest BCUT2D eigenvalue weighted by Gasteiger charge is 2.19. The van der Waals surface area contributed by atoms with E-state index in [0.29, 0.717) is 16.7 Å². The lowest BCUT2D eigenvalue weighted by molar-refractivity contribution is -0.119. The highest BCUT2D eigenvalue weighted by atomic mass is 35.5. The van der Waals surface area contributed by atoms with Gasteiger partial charge in [0.1, 0.15) is 5.76 Å². The molecule has 1 amide bonds. The Morgan fingerprint density at radius 1 is 1.16 bits per heavy atom. The van der Waals surface area contributed by atoms with Crippen LogP contribution in [0.4, 0.5) is 0 Å². The Morgan fingerprint density at radius 3 is 2.69 bits per heavy atom. The van der Waals surface area contributed by atoms with E-state index in [0.717, 1.165) is 28.3 Å². The molecule has 0 spiro atoms. The van der Waals surface area contributed by atoms with Crippen molar-refractivity contribution in [3.05, 3.63) is 88.8 Å². The summed E-state index contributed by atoms with van der Waals surface area (Å²) < 4.78 is 7.48. The summed E-state index contributed by atoms with van der Waals surface area (Å²) in [6, 6.07) is 19.3. The molecule has 4 rings (SSSR count). The van der Waals surface area contributed by atoms with Crippen LogP contribution in [0.3, 0.4) is 0 Å². The molecule has 164 valence electrons. The van der Waals surface area contributed by atoms with Crippen LogP contribution in [0.2, 0.25) is 5.02 Å². The molecule has 0 aliphatic carbocycles. The molecule has 2 aromatic heterocycles. The zero-order valence-electron chi connectivity index (χ0n) is 17.8. The molecule has 1 N–H and O–H groups in total. The van der Waals surface area contributed by atoms with Gasteiger partial charge >= 0.3 is 0 Å². The Hall–Kier alpha value is -3.03. The van der Waals surface area contributed by atoms with Gasteiger partial charge in [0.15, 0.2) is 11.0 Å². The molecule has 8 heteroatoms. The number of furan rings is 1. The number of halogens is 1.